The highest BCUT2D eigenvalue weighted by Crippen LogP contribution is 2.09. The number of benzene rings is 1. The predicted octanol–water partition coefficient (Wildman–Crippen LogP) is 2.55. The summed E-state index contributed by atoms with van der Waals surface area (Å²) in [6.45, 7) is 7.80. The molecular weight excluding hydrogens is 200 g/mol. The third-order valence-electron chi connectivity index (χ3n) is 2.31. The van der Waals surface area contributed by atoms with E-state index in [1.165, 1.54) is 11.1 Å². The van der Waals surface area contributed by atoms with E-state index >= 15 is 0 Å². The number of amides is 1. The van der Waals surface area contributed by atoms with Crippen LogP contribution in [0.5, 0.6) is 0 Å². The van der Waals surface area contributed by atoms with Crippen molar-refractivity contribution in [2.24, 2.45) is 5.10 Å². The van der Waals surface area contributed by atoms with Gasteiger partial charge in [0.2, 0.25) is 5.91 Å². The third kappa shape index (κ3) is 3.50. The van der Waals surface area contributed by atoms with E-state index in [0.29, 0.717) is 6.42 Å². The Hall–Kier alpha value is -1.64. The third-order valence-corrected chi connectivity index (χ3v) is 2.31. The van der Waals surface area contributed by atoms with Crippen molar-refractivity contribution in [3.63, 3.8) is 0 Å². The van der Waals surface area contributed by atoms with Gasteiger partial charge in [-0.1, -0.05) is 36.2 Å². The zero-order chi connectivity index (χ0) is 12.1. The number of nitrogens with zero attached hydrogens (tertiary/aromatic N) is 1. The Morgan fingerprint density at radius 2 is 1.81 bits per heavy atom. The predicted molar refractivity (Wildman–Crippen MR) is 66.6 cm³/mol. The SMILES string of the molecule is CCC(=O)N/N=C(\C)c1cc(C)cc(C)c1. The highest BCUT2D eigenvalue weighted by molar-refractivity contribution is 5.99. The van der Waals surface area contributed by atoms with Crippen LogP contribution in [-0.4, -0.2) is 11.6 Å². The van der Waals surface area contributed by atoms with Gasteiger partial charge in [0.15, 0.2) is 0 Å². The summed E-state index contributed by atoms with van der Waals surface area (Å²) in [5.74, 6) is -0.0660. The minimum atomic E-state index is -0.0660. The molecule has 3 nitrogen and oxygen atoms in total. The quantitative estimate of drug-likeness (QED) is 0.615. The van der Waals surface area contributed by atoms with E-state index in [1.54, 1.807) is 6.92 Å². The summed E-state index contributed by atoms with van der Waals surface area (Å²) in [5.41, 5.74) is 6.80. The fraction of sp³-hybridized carbons (Fsp3) is 0.385. The molecule has 0 saturated heterocycles. The van der Waals surface area contributed by atoms with Crippen molar-refractivity contribution in [3.8, 4) is 0 Å². The van der Waals surface area contributed by atoms with Crippen LogP contribution in [-0.2, 0) is 4.79 Å². The summed E-state index contributed by atoms with van der Waals surface area (Å²) < 4.78 is 0. The van der Waals surface area contributed by atoms with Crippen molar-refractivity contribution in [1.29, 1.82) is 0 Å². The highest BCUT2D eigenvalue weighted by atomic mass is 16.2. The Morgan fingerprint density at radius 3 is 2.31 bits per heavy atom. The molecule has 0 fully saturated rings. The lowest BCUT2D eigenvalue weighted by Gasteiger charge is -2.05. The van der Waals surface area contributed by atoms with Crippen LogP contribution in [0.15, 0.2) is 23.3 Å². The summed E-state index contributed by atoms with van der Waals surface area (Å²) in [5, 5.41) is 4.06. The normalized spacial score (nSPS) is 11.4. The summed E-state index contributed by atoms with van der Waals surface area (Å²) in [6.07, 6.45) is 0.448. The Kier molecular flexibility index (Phi) is 4.23. The van der Waals surface area contributed by atoms with Crippen molar-refractivity contribution in [2.45, 2.75) is 34.1 Å². The van der Waals surface area contributed by atoms with E-state index in [0.717, 1.165) is 11.3 Å². The van der Waals surface area contributed by atoms with Crippen LogP contribution in [0.4, 0.5) is 0 Å². The fourth-order valence-corrected chi connectivity index (χ4v) is 1.47. The van der Waals surface area contributed by atoms with Gasteiger partial charge in [0.25, 0.3) is 0 Å². The first kappa shape index (κ1) is 12.4. The molecule has 0 aliphatic heterocycles. The molecule has 0 saturated carbocycles. The number of carbonyl (C=O) groups excluding carboxylic acids is 1. The molecule has 3 heteroatoms. The first-order valence-electron chi connectivity index (χ1n) is 5.44. The monoisotopic (exact) mass is 218 g/mol. The maximum atomic E-state index is 11.1. The molecular formula is C13H18N2O. The van der Waals surface area contributed by atoms with Crippen molar-refractivity contribution < 1.29 is 4.79 Å². The minimum Gasteiger partial charge on any atom is -0.273 e. The average molecular weight is 218 g/mol. The first-order valence-corrected chi connectivity index (χ1v) is 5.44. The standard InChI is InChI=1S/C13H18N2O/c1-5-13(16)15-14-11(4)12-7-9(2)6-10(3)8-12/h6-8H,5H2,1-4H3,(H,15,16)/b14-11+. The molecule has 0 heterocycles. The lowest BCUT2D eigenvalue weighted by Crippen LogP contribution is -2.17. The van der Waals surface area contributed by atoms with Gasteiger partial charge in [-0.2, -0.15) is 5.10 Å². The average Bonchev–Trinajstić information content (AvgIpc) is 2.23. The second-order valence-electron chi connectivity index (χ2n) is 3.96. The van der Waals surface area contributed by atoms with Crippen molar-refractivity contribution in [3.05, 3.63) is 34.9 Å². The first-order chi connectivity index (χ1) is 7.52. The maximum absolute atomic E-state index is 11.1. The molecule has 0 unspecified atom stereocenters. The molecule has 16 heavy (non-hydrogen) atoms. The summed E-state index contributed by atoms with van der Waals surface area (Å²) >= 11 is 0. The Labute approximate surface area is 96.6 Å². The molecule has 1 aromatic rings. The van der Waals surface area contributed by atoms with Crippen LogP contribution >= 0.6 is 0 Å². The molecule has 0 radical (unpaired) electrons. The Morgan fingerprint density at radius 1 is 1.25 bits per heavy atom. The van der Waals surface area contributed by atoms with Crippen molar-refractivity contribution in [1.82, 2.24) is 5.43 Å². The van der Waals surface area contributed by atoms with E-state index in [1.807, 2.05) is 6.92 Å². The lowest BCUT2D eigenvalue weighted by atomic mass is 10.0. The number of rotatable bonds is 3. The van der Waals surface area contributed by atoms with Crippen molar-refractivity contribution in [2.75, 3.05) is 0 Å². The minimum absolute atomic E-state index is 0.0660. The number of carbonyl (C=O) groups is 1. The van der Waals surface area contributed by atoms with E-state index in [9.17, 15) is 4.79 Å². The van der Waals surface area contributed by atoms with Gasteiger partial charge in [-0.25, -0.2) is 5.43 Å². The zero-order valence-electron chi connectivity index (χ0n) is 10.3. The smallest absolute Gasteiger partial charge is 0.239 e. The van der Waals surface area contributed by atoms with Crippen LogP contribution in [0, 0.1) is 13.8 Å². The lowest BCUT2D eigenvalue weighted by molar-refractivity contribution is -0.120. The Bertz CT molecular complexity index is 402. The van der Waals surface area contributed by atoms with E-state index in [2.05, 4.69) is 42.6 Å². The van der Waals surface area contributed by atoms with Gasteiger partial charge in [0.05, 0.1) is 5.71 Å². The van der Waals surface area contributed by atoms with E-state index in [4.69, 9.17) is 0 Å². The zero-order valence-corrected chi connectivity index (χ0v) is 10.3. The molecule has 0 spiro atoms. The molecule has 1 N–H and O–H groups in total. The summed E-state index contributed by atoms with van der Waals surface area (Å²) in [6, 6.07) is 6.23. The largest absolute Gasteiger partial charge is 0.273 e. The van der Waals surface area contributed by atoms with Gasteiger partial charge in [-0.15, -0.1) is 0 Å². The summed E-state index contributed by atoms with van der Waals surface area (Å²) in [4.78, 5) is 11.1. The molecule has 1 aromatic carbocycles. The van der Waals surface area contributed by atoms with E-state index in [-0.39, 0.29) is 5.91 Å². The van der Waals surface area contributed by atoms with Crippen LogP contribution in [0.3, 0.4) is 0 Å². The van der Waals surface area contributed by atoms with E-state index < -0.39 is 0 Å². The number of hydrazone groups is 1. The number of nitrogens with one attached hydrogen (secondary N) is 1. The molecule has 0 aliphatic carbocycles. The maximum Gasteiger partial charge on any atom is 0.239 e. The van der Waals surface area contributed by atoms with Crippen LogP contribution in [0.2, 0.25) is 0 Å². The van der Waals surface area contributed by atoms with Crippen molar-refractivity contribution >= 4 is 11.6 Å². The van der Waals surface area contributed by atoms with Crippen LogP contribution in [0.25, 0.3) is 0 Å². The Balaban J connectivity index is 2.87. The van der Waals surface area contributed by atoms with Gasteiger partial charge in [-0.3, -0.25) is 4.79 Å². The number of aryl methyl sites for hydroxylation is 2. The highest BCUT2D eigenvalue weighted by Gasteiger charge is 2.00. The second-order valence-corrected chi connectivity index (χ2v) is 3.96. The second kappa shape index (κ2) is 5.45. The van der Waals surface area contributed by atoms with Gasteiger partial charge < -0.3 is 0 Å². The van der Waals surface area contributed by atoms with Gasteiger partial charge in [0, 0.05) is 6.42 Å². The van der Waals surface area contributed by atoms with Gasteiger partial charge >= 0.3 is 0 Å². The van der Waals surface area contributed by atoms with Gasteiger partial charge in [-0.05, 0) is 26.3 Å². The molecule has 86 valence electrons. The fourth-order valence-electron chi connectivity index (χ4n) is 1.47. The molecule has 0 aromatic heterocycles. The molecule has 0 aliphatic rings. The van der Waals surface area contributed by atoms with Gasteiger partial charge in [0.1, 0.15) is 0 Å². The molecule has 0 bridgehead atoms. The number of hydrogen-bond acceptors (Lipinski definition) is 2. The summed E-state index contributed by atoms with van der Waals surface area (Å²) in [7, 11) is 0. The van der Waals surface area contributed by atoms with Crippen LogP contribution < -0.4 is 5.43 Å². The molecule has 1 rings (SSSR count). The van der Waals surface area contributed by atoms with Crippen LogP contribution in [0.1, 0.15) is 37.0 Å². The molecule has 1 amide bonds. The number of hydrogen-bond donors (Lipinski definition) is 1. The topological polar surface area (TPSA) is 41.5 Å². The molecule has 0 atom stereocenters.